The summed E-state index contributed by atoms with van der Waals surface area (Å²) < 4.78 is 0. The van der Waals surface area contributed by atoms with Gasteiger partial charge in [0, 0.05) is 19.0 Å². The van der Waals surface area contributed by atoms with Gasteiger partial charge in [0.1, 0.15) is 0 Å². The fourth-order valence-electron chi connectivity index (χ4n) is 1.54. The van der Waals surface area contributed by atoms with E-state index in [0.717, 1.165) is 6.42 Å². The number of carbonyl (C=O) groups excluding carboxylic acids is 1. The number of benzene rings is 1. The summed E-state index contributed by atoms with van der Waals surface area (Å²) in [6.45, 7) is 4.46. The maximum absolute atomic E-state index is 11.5. The van der Waals surface area contributed by atoms with Gasteiger partial charge in [-0.05, 0) is 31.4 Å². The molecule has 1 aromatic carbocycles. The molecule has 1 amide bonds. The molecule has 0 aromatic heterocycles. The van der Waals surface area contributed by atoms with Gasteiger partial charge < -0.3 is 11.1 Å². The first-order valence-electron chi connectivity index (χ1n) is 5.67. The van der Waals surface area contributed by atoms with E-state index in [1.54, 1.807) is 0 Å². The van der Waals surface area contributed by atoms with Gasteiger partial charge in [-0.3, -0.25) is 4.79 Å². The maximum Gasteiger partial charge on any atom is 0.220 e. The van der Waals surface area contributed by atoms with Crippen LogP contribution in [0.5, 0.6) is 0 Å². The molecule has 0 spiro atoms. The zero-order chi connectivity index (χ0) is 12.0. The molecule has 0 saturated heterocycles. The van der Waals surface area contributed by atoms with Gasteiger partial charge in [0.05, 0.1) is 0 Å². The number of nitrogens with one attached hydrogen (secondary N) is 1. The lowest BCUT2D eigenvalue weighted by Gasteiger charge is -2.11. The molecule has 3 heteroatoms. The first-order chi connectivity index (χ1) is 7.63. The Morgan fingerprint density at radius 3 is 2.75 bits per heavy atom. The Hall–Kier alpha value is -1.35. The molecule has 0 saturated carbocycles. The number of rotatable bonds is 5. The lowest BCUT2D eigenvalue weighted by atomic mass is 10.0. The largest absolute Gasteiger partial charge is 0.352 e. The predicted molar refractivity (Wildman–Crippen MR) is 66.2 cm³/mol. The van der Waals surface area contributed by atoms with Crippen LogP contribution in [0.2, 0.25) is 0 Å². The van der Waals surface area contributed by atoms with Crippen LogP contribution in [0.25, 0.3) is 0 Å². The van der Waals surface area contributed by atoms with Crippen molar-refractivity contribution < 1.29 is 4.79 Å². The van der Waals surface area contributed by atoms with E-state index in [4.69, 9.17) is 5.73 Å². The smallest absolute Gasteiger partial charge is 0.220 e. The Labute approximate surface area is 97.0 Å². The van der Waals surface area contributed by atoms with Gasteiger partial charge >= 0.3 is 0 Å². The molecule has 3 N–H and O–H groups in total. The van der Waals surface area contributed by atoms with Crippen LogP contribution >= 0.6 is 0 Å². The van der Waals surface area contributed by atoms with Gasteiger partial charge in [0.25, 0.3) is 0 Å². The molecule has 0 bridgehead atoms. The van der Waals surface area contributed by atoms with Crippen LogP contribution in [-0.2, 0) is 11.2 Å². The number of hydrogen-bond donors (Lipinski definition) is 2. The molecule has 3 nitrogen and oxygen atoms in total. The molecule has 0 aliphatic rings. The molecule has 1 unspecified atom stereocenters. The molecule has 0 radical (unpaired) electrons. The third-order valence-electron chi connectivity index (χ3n) is 2.64. The number of aryl methyl sites for hydroxylation is 2. The van der Waals surface area contributed by atoms with Gasteiger partial charge in [-0.1, -0.05) is 24.3 Å². The van der Waals surface area contributed by atoms with Gasteiger partial charge in [-0.25, -0.2) is 0 Å². The van der Waals surface area contributed by atoms with Gasteiger partial charge in [-0.2, -0.15) is 0 Å². The minimum atomic E-state index is 0.0596. The third kappa shape index (κ3) is 4.03. The first-order valence-corrected chi connectivity index (χ1v) is 5.67. The maximum atomic E-state index is 11.5. The molecule has 1 rings (SSSR count). The van der Waals surface area contributed by atoms with Crippen molar-refractivity contribution >= 4 is 5.91 Å². The summed E-state index contributed by atoms with van der Waals surface area (Å²) in [4.78, 5) is 11.5. The third-order valence-corrected chi connectivity index (χ3v) is 2.64. The fraction of sp³-hybridized carbons (Fsp3) is 0.462. The second kappa shape index (κ2) is 6.28. The predicted octanol–water partition coefficient (Wildman–Crippen LogP) is 1.39. The van der Waals surface area contributed by atoms with Crippen LogP contribution in [0.3, 0.4) is 0 Å². The summed E-state index contributed by atoms with van der Waals surface area (Å²) >= 11 is 0. The molecule has 0 fully saturated rings. The highest BCUT2D eigenvalue weighted by Gasteiger charge is 2.06. The van der Waals surface area contributed by atoms with Crippen molar-refractivity contribution in [3.8, 4) is 0 Å². The zero-order valence-electron chi connectivity index (χ0n) is 9.99. The molecule has 0 aliphatic carbocycles. The number of hydrogen-bond acceptors (Lipinski definition) is 2. The SMILES string of the molecule is Cc1ccccc1CCC(=O)NC(C)CN. The fourth-order valence-corrected chi connectivity index (χ4v) is 1.54. The quantitative estimate of drug-likeness (QED) is 0.788. The van der Waals surface area contributed by atoms with E-state index in [0.29, 0.717) is 13.0 Å². The van der Waals surface area contributed by atoms with Crippen LogP contribution in [0, 0.1) is 6.92 Å². The second-order valence-corrected chi connectivity index (χ2v) is 4.13. The monoisotopic (exact) mass is 220 g/mol. The highest BCUT2D eigenvalue weighted by atomic mass is 16.1. The van der Waals surface area contributed by atoms with Crippen molar-refractivity contribution in [3.63, 3.8) is 0 Å². The normalized spacial score (nSPS) is 12.2. The Morgan fingerprint density at radius 2 is 2.12 bits per heavy atom. The highest BCUT2D eigenvalue weighted by molar-refractivity contribution is 5.76. The van der Waals surface area contributed by atoms with Crippen LogP contribution in [0.1, 0.15) is 24.5 Å². The molecule has 1 aromatic rings. The van der Waals surface area contributed by atoms with Crippen molar-refractivity contribution in [2.24, 2.45) is 5.73 Å². The van der Waals surface area contributed by atoms with Crippen LogP contribution in [0.15, 0.2) is 24.3 Å². The lowest BCUT2D eigenvalue weighted by Crippen LogP contribution is -2.37. The van der Waals surface area contributed by atoms with Crippen molar-refractivity contribution in [1.82, 2.24) is 5.32 Å². The first kappa shape index (κ1) is 12.7. The van der Waals surface area contributed by atoms with Gasteiger partial charge in [-0.15, -0.1) is 0 Å². The molecular weight excluding hydrogens is 200 g/mol. The van der Waals surface area contributed by atoms with Crippen molar-refractivity contribution in [2.45, 2.75) is 32.7 Å². The van der Waals surface area contributed by atoms with E-state index in [1.165, 1.54) is 11.1 Å². The number of carbonyl (C=O) groups is 1. The molecule has 16 heavy (non-hydrogen) atoms. The van der Waals surface area contributed by atoms with Crippen LogP contribution in [0.4, 0.5) is 0 Å². The Morgan fingerprint density at radius 1 is 1.44 bits per heavy atom. The minimum absolute atomic E-state index is 0.0596. The summed E-state index contributed by atoms with van der Waals surface area (Å²) in [5.41, 5.74) is 7.91. The Kier molecular flexibility index (Phi) is 4.99. The van der Waals surface area contributed by atoms with Crippen LogP contribution in [-0.4, -0.2) is 18.5 Å². The van der Waals surface area contributed by atoms with Crippen LogP contribution < -0.4 is 11.1 Å². The second-order valence-electron chi connectivity index (χ2n) is 4.13. The zero-order valence-corrected chi connectivity index (χ0v) is 9.99. The van der Waals surface area contributed by atoms with Crippen molar-refractivity contribution in [3.05, 3.63) is 35.4 Å². The van der Waals surface area contributed by atoms with E-state index in [1.807, 2.05) is 19.1 Å². The lowest BCUT2D eigenvalue weighted by molar-refractivity contribution is -0.121. The average Bonchev–Trinajstić information content (AvgIpc) is 2.28. The molecule has 0 aliphatic heterocycles. The molecule has 1 atom stereocenters. The summed E-state index contributed by atoms with van der Waals surface area (Å²) in [5.74, 6) is 0.0706. The Balaban J connectivity index is 2.40. The highest BCUT2D eigenvalue weighted by Crippen LogP contribution is 2.09. The Bertz CT molecular complexity index is 350. The molecule has 0 heterocycles. The topological polar surface area (TPSA) is 55.1 Å². The van der Waals surface area contributed by atoms with E-state index in [-0.39, 0.29) is 11.9 Å². The number of amides is 1. The summed E-state index contributed by atoms with van der Waals surface area (Å²) in [5, 5.41) is 2.86. The summed E-state index contributed by atoms with van der Waals surface area (Å²) in [6, 6.07) is 8.20. The van der Waals surface area contributed by atoms with Crippen molar-refractivity contribution in [2.75, 3.05) is 6.54 Å². The standard InChI is InChI=1S/C13H20N2O/c1-10-5-3-4-6-12(10)7-8-13(16)15-11(2)9-14/h3-6,11H,7-9,14H2,1-2H3,(H,15,16). The number of nitrogens with two attached hydrogens (primary N) is 1. The van der Waals surface area contributed by atoms with E-state index in [9.17, 15) is 4.79 Å². The minimum Gasteiger partial charge on any atom is -0.352 e. The van der Waals surface area contributed by atoms with E-state index >= 15 is 0 Å². The molecular formula is C13H20N2O. The van der Waals surface area contributed by atoms with E-state index < -0.39 is 0 Å². The summed E-state index contributed by atoms with van der Waals surface area (Å²) in [7, 11) is 0. The van der Waals surface area contributed by atoms with Gasteiger partial charge in [0.2, 0.25) is 5.91 Å². The van der Waals surface area contributed by atoms with Gasteiger partial charge in [0.15, 0.2) is 0 Å². The molecule has 88 valence electrons. The average molecular weight is 220 g/mol. The van der Waals surface area contributed by atoms with Crippen molar-refractivity contribution in [1.29, 1.82) is 0 Å². The van der Waals surface area contributed by atoms with E-state index in [2.05, 4.69) is 24.4 Å². The summed E-state index contributed by atoms with van der Waals surface area (Å²) in [6.07, 6.45) is 1.31.